The van der Waals surface area contributed by atoms with Gasteiger partial charge in [0.25, 0.3) is 0 Å². The molecule has 0 radical (unpaired) electrons. The topological polar surface area (TPSA) is 20.2 Å². The van der Waals surface area contributed by atoms with Crippen molar-refractivity contribution in [2.24, 2.45) is 28.6 Å². The van der Waals surface area contributed by atoms with Crippen molar-refractivity contribution < 1.29 is 5.11 Å². The Morgan fingerprint density at radius 2 is 1.69 bits per heavy atom. The van der Waals surface area contributed by atoms with Crippen LogP contribution >= 0.6 is 0 Å². The van der Waals surface area contributed by atoms with Crippen molar-refractivity contribution in [1.82, 2.24) is 0 Å². The van der Waals surface area contributed by atoms with Crippen molar-refractivity contribution in [3.63, 3.8) is 0 Å². The van der Waals surface area contributed by atoms with E-state index in [0.29, 0.717) is 16.7 Å². The van der Waals surface area contributed by atoms with Crippen molar-refractivity contribution in [1.29, 1.82) is 0 Å². The van der Waals surface area contributed by atoms with E-state index < -0.39 is 0 Å². The van der Waals surface area contributed by atoms with Crippen molar-refractivity contribution in [2.75, 3.05) is 0 Å². The van der Waals surface area contributed by atoms with Gasteiger partial charge in [-0.2, -0.15) is 0 Å². The number of fused-ring (bicyclic) bond motifs is 4. The molecule has 3 aliphatic carbocycles. The molecular weight excluding hydrogens is 196 g/mol. The molecule has 0 amide bonds. The van der Waals surface area contributed by atoms with Gasteiger partial charge in [0.1, 0.15) is 0 Å². The molecule has 2 bridgehead atoms. The monoisotopic (exact) mass is 222 g/mol. The molecule has 0 heterocycles. The van der Waals surface area contributed by atoms with Crippen molar-refractivity contribution in [3.8, 4) is 0 Å². The van der Waals surface area contributed by atoms with E-state index in [1.54, 1.807) is 0 Å². The summed E-state index contributed by atoms with van der Waals surface area (Å²) < 4.78 is 0. The number of hydrogen-bond acceptors (Lipinski definition) is 1. The third kappa shape index (κ3) is 1.40. The molecule has 0 aromatic carbocycles. The van der Waals surface area contributed by atoms with E-state index in [4.69, 9.17) is 0 Å². The molecular formula is C15H26O. The van der Waals surface area contributed by atoms with Crippen LogP contribution in [0.15, 0.2) is 0 Å². The largest absolute Gasteiger partial charge is 0.393 e. The van der Waals surface area contributed by atoms with Gasteiger partial charge in [0, 0.05) is 0 Å². The van der Waals surface area contributed by atoms with Crippen LogP contribution in [0.3, 0.4) is 0 Å². The molecule has 0 aromatic heterocycles. The molecule has 5 atom stereocenters. The first-order chi connectivity index (χ1) is 7.42. The van der Waals surface area contributed by atoms with Crippen LogP contribution in [0.25, 0.3) is 0 Å². The molecule has 0 saturated heterocycles. The summed E-state index contributed by atoms with van der Waals surface area (Å²) >= 11 is 0. The van der Waals surface area contributed by atoms with Crippen LogP contribution in [0.4, 0.5) is 0 Å². The lowest BCUT2D eigenvalue weighted by molar-refractivity contribution is -0.102. The second-order valence-corrected chi connectivity index (χ2v) is 7.71. The van der Waals surface area contributed by atoms with Crippen molar-refractivity contribution in [3.05, 3.63) is 0 Å². The summed E-state index contributed by atoms with van der Waals surface area (Å²) in [6, 6.07) is 0. The Morgan fingerprint density at radius 1 is 0.938 bits per heavy atom. The van der Waals surface area contributed by atoms with Gasteiger partial charge >= 0.3 is 0 Å². The molecule has 0 unspecified atom stereocenters. The minimum Gasteiger partial charge on any atom is -0.393 e. The molecule has 3 rings (SSSR count). The lowest BCUT2D eigenvalue weighted by Crippen LogP contribution is -2.51. The summed E-state index contributed by atoms with van der Waals surface area (Å²) in [5.41, 5.74) is 1.14. The van der Waals surface area contributed by atoms with Gasteiger partial charge in [-0.05, 0) is 67.1 Å². The van der Waals surface area contributed by atoms with E-state index in [1.165, 1.54) is 32.1 Å². The van der Waals surface area contributed by atoms with Crippen LogP contribution in [0.2, 0.25) is 0 Å². The maximum absolute atomic E-state index is 10.1. The lowest BCUT2D eigenvalue weighted by Gasteiger charge is -2.59. The van der Waals surface area contributed by atoms with Crippen molar-refractivity contribution in [2.45, 2.75) is 65.4 Å². The maximum atomic E-state index is 10.1. The fourth-order valence-corrected chi connectivity index (χ4v) is 5.14. The predicted molar refractivity (Wildman–Crippen MR) is 66.1 cm³/mol. The fourth-order valence-electron chi connectivity index (χ4n) is 5.14. The number of hydrogen-bond donors (Lipinski definition) is 1. The average Bonchev–Trinajstić information content (AvgIpc) is 2.29. The highest BCUT2D eigenvalue weighted by atomic mass is 16.3. The Bertz CT molecular complexity index is 296. The summed E-state index contributed by atoms with van der Waals surface area (Å²) in [5.74, 6) is 2.51. The van der Waals surface area contributed by atoms with E-state index in [0.717, 1.165) is 18.3 Å². The Hall–Kier alpha value is -0.0400. The zero-order chi connectivity index (χ0) is 11.6. The zero-order valence-corrected chi connectivity index (χ0v) is 11.0. The van der Waals surface area contributed by atoms with Crippen LogP contribution in [-0.4, -0.2) is 11.2 Å². The number of rotatable bonds is 0. The fraction of sp³-hybridized carbons (Fsp3) is 1.00. The smallest absolute Gasteiger partial charge is 0.0568 e. The minimum absolute atomic E-state index is 0.00804. The summed E-state index contributed by atoms with van der Waals surface area (Å²) in [5, 5.41) is 10.1. The molecule has 1 heteroatoms. The van der Waals surface area contributed by atoms with Gasteiger partial charge in [0.15, 0.2) is 0 Å². The first-order valence-electron chi connectivity index (χ1n) is 7.10. The highest BCUT2D eigenvalue weighted by Crippen LogP contribution is 2.65. The van der Waals surface area contributed by atoms with Crippen molar-refractivity contribution >= 4 is 0 Å². The van der Waals surface area contributed by atoms with E-state index in [1.807, 2.05) is 0 Å². The van der Waals surface area contributed by atoms with Crippen LogP contribution in [0.5, 0.6) is 0 Å². The van der Waals surface area contributed by atoms with Gasteiger partial charge in [-0.1, -0.05) is 20.8 Å². The summed E-state index contributed by atoms with van der Waals surface area (Å²) in [4.78, 5) is 0. The third-order valence-electron chi connectivity index (χ3n) is 6.26. The predicted octanol–water partition coefficient (Wildman–Crippen LogP) is 3.61. The van der Waals surface area contributed by atoms with Gasteiger partial charge in [-0.15, -0.1) is 0 Å². The molecule has 3 fully saturated rings. The maximum Gasteiger partial charge on any atom is 0.0568 e. The lowest BCUT2D eigenvalue weighted by atomic mass is 9.46. The molecule has 92 valence electrons. The first kappa shape index (κ1) is 11.1. The second-order valence-electron chi connectivity index (χ2n) is 7.71. The zero-order valence-electron chi connectivity index (χ0n) is 11.0. The van der Waals surface area contributed by atoms with E-state index >= 15 is 0 Å². The van der Waals surface area contributed by atoms with Crippen LogP contribution < -0.4 is 0 Å². The van der Waals surface area contributed by atoms with Crippen LogP contribution in [0, 0.1) is 28.6 Å². The minimum atomic E-state index is 0.00804. The highest BCUT2D eigenvalue weighted by Gasteiger charge is 2.57. The van der Waals surface area contributed by atoms with Crippen LogP contribution in [0.1, 0.15) is 59.3 Å². The third-order valence-corrected chi connectivity index (χ3v) is 6.26. The summed E-state index contributed by atoms with van der Waals surface area (Å²) in [6.45, 7) is 7.40. The van der Waals surface area contributed by atoms with E-state index in [-0.39, 0.29) is 6.10 Å². The molecule has 1 nitrogen and oxygen atoms in total. The van der Waals surface area contributed by atoms with Gasteiger partial charge in [0.05, 0.1) is 6.10 Å². The number of aliphatic hydroxyl groups excluding tert-OH is 1. The van der Waals surface area contributed by atoms with E-state index in [2.05, 4.69) is 20.8 Å². The Kier molecular flexibility index (Phi) is 2.25. The molecule has 0 spiro atoms. The Morgan fingerprint density at radius 3 is 2.38 bits per heavy atom. The molecule has 0 aromatic rings. The molecule has 1 N–H and O–H groups in total. The molecule has 3 aliphatic rings. The van der Waals surface area contributed by atoms with E-state index in [9.17, 15) is 5.11 Å². The van der Waals surface area contributed by atoms with Gasteiger partial charge in [-0.25, -0.2) is 0 Å². The normalized spacial score (nSPS) is 54.8. The van der Waals surface area contributed by atoms with Gasteiger partial charge in [-0.3, -0.25) is 0 Å². The SMILES string of the molecule is CC1(C)C[C@H]2[C@H]1CC[C@H]1C[C@]2(C)CC[C@H]1O. The quantitative estimate of drug-likeness (QED) is 0.664. The Labute approximate surface area is 99.6 Å². The highest BCUT2D eigenvalue weighted by molar-refractivity contribution is 5.07. The van der Waals surface area contributed by atoms with Gasteiger partial charge in [0.2, 0.25) is 0 Å². The average molecular weight is 222 g/mol. The molecule has 0 aliphatic heterocycles. The summed E-state index contributed by atoms with van der Waals surface area (Å²) in [6.07, 6.45) is 7.71. The summed E-state index contributed by atoms with van der Waals surface area (Å²) in [7, 11) is 0. The molecule has 3 saturated carbocycles. The first-order valence-corrected chi connectivity index (χ1v) is 7.10. The van der Waals surface area contributed by atoms with Gasteiger partial charge < -0.3 is 5.11 Å². The number of aliphatic hydroxyl groups is 1. The second kappa shape index (κ2) is 3.25. The van der Waals surface area contributed by atoms with Crippen LogP contribution in [-0.2, 0) is 0 Å². The molecule has 16 heavy (non-hydrogen) atoms. The Balaban J connectivity index is 1.87. The standard InChI is InChI=1S/C15H26O/c1-14(2)9-12-11(14)5-4-10-8-15(12,3)7-6-13(10)16/h10-13,16H,4-9H2,1-3H3/t10-,11+,12-,13+,15-/m0/s1.